The number of amides is 1. The van der Waals surface area contributed by atoms with Crippen LogP contribution < -0.4 is 0 Å². The summed E-state index contributed by atoms with van der Waals surface area (Å²) in [7, 11) is 0. The molecule has 0 aromatic rings. The molecule has 0 spiro atoms. The summed E-state index contributed by atoms with van der Waals surface area (Å²) < 4.78 is 63.2. The third-order valence-electron chi connectivity index (χ3n) is 2.73. The van der Waals surface area contributed by atoms with Crippen molar-refractivity contribution >= 4 is 11.9 Å². The van der Waals surface area contributed by atoms with E-state index in [-0.39, 0.29) is 11.8 Å². The van der Waals surface area contributed by atoms with Gasteiger partial charge in [0.2, 0.25) is 0 Å². The van der Waals surface area contributed by atoms with Gasteiger partial charge in [-0.1, -0.05) is 0 Å². The number of hydrogen-bond acceptors (Lipinski definition) is 2. The number of nitrogens with zero attached hydrogens (tertiary/aromatic N) is 1. The predicted octanol–water partition coefficient (Wildman–Crippen LogP) is 1.30. The fourth-order valence-corrected chi connectivity index (χ4v) is 1.63. The second-order valence-corrected chi connectivity index (χ2v) is 4.15. The second kappa shape index (κ2) is 4.36. The average molecular weight is 275 g/mol. The highest BCUT2D eigenvalue weighted by molar-refractivity contribution is 5.90. The first-order valence-electron chi connectivity index (χ1n) is 4.92. The third kappa shape index (κ3) is 2.39. The molecule has 0 radical (unpaired) electrons. The number of hydrogen-bond donors (Lipinski definition) is 1. The average Bonchev–Trinajstić information content (AvgIpc) is 2.57. The smallest absolute Gasteiger partial charge is 0.431 e. The number of rotatable bonds is 2. The van der Waals surface area contributed by atoms with Crippen molar-refractivity contribution in [1.82, 2.24) is 4.90 Å². The van der Waals surface area contributed by atoms with Crippen LogP contribution >= 0.6 is 0 Å². The van der Waals surface area contributed by atoms with Crippen molar-refractivity contribution in [1.29, 1.82) is 0 Å². The minimum atomic E-state index is -5.48. The third-order valence-corrected chi connectivity index (χ3v) is 2.73. The van der Waals surface area contributed by atoms with E-state index in [1.165, 1.54) is 0 Å². The maximum atomic E-state index is 13.4. The normalized spacial score (nSPS) is 28.0. The Hall–Kier alpha value is -1.41. The topological polar surface area (TPSA) is 57.6 Å². The zero-order valence-electron chi connectivity index (χ0n) is 9.17. The van der Waals surface area contributed by atoms with Crippen LogP contribution in [-0.4, -0.2) is 52.5 Å². The Labute approximate surface area is 98.4 Å². The number of carbonyl (C=O) groups is 2. The summed E-state index contributed by atoms with van der Waals surface area (Å²) in [5, 5.41) is 8.65. The molecule has 1 aliphatic rings. The van der Waals surface area contributed by atoms with Crippen molar-refractivity contribution in [3.63, 3.8) is 0 Å². The van der Waals surface area contributed by atoms with Crippen LogP contribution in [0.2, 0.25) is 0 Å². The summed E-state index contributed by atoms with van der Waals surface area (Å²) in [5.41, 5.74) is -4.23. The minimum Gasteiger partial charge on any atom is -0.480 e. The summed E-state index contributed by atoms with van der Waals surface area (Å²) in [6.45, 7) is -0.870. The van der Waals surface area contributed by atoms with Crippen molar-refractivity contribution in [3.8, 4) is 0 Å². The van der Waals surface area contributed by atoms with Gasteiger partial charge in [0.15, 0.2) is 0 Å². The molecule has 3 atom stereocenters. The Morgan fingerprint density at radius 2 is 1.78 bits per heavy atom. The van der Waals surface area contributed by atoms with Gasteiger partial charge in [-0.25, -0.2) is 13.6 Å². The monoisotopic (exact) mass is 275 g/mol. The zero-order valence-corrected chi connectivity index (χ0v) is 9.17. The molecule has 0 aliphatic carbocycles. The molecule has 1 aliphatic heterocycles. The van der Waals surface area contributed by atoms with Crippen LogP contribution in [0.5, 0.6) is 0 Å². The molecule has 0 bridgehead atoms. The summed E-state index contributed by atoms with van der Waals surface area (Å²) in [6, 6.07) is -1.77. The SMILES string of the molecule is CC(F)(C(=O)N1C[C@H](F)C[C@H]1C(=O)O)C(F)(F)F. The van der Waals surface area contributed by atoms with Crippen LogP contribution in [0, 0.1) is 0 Å². The molecule has 1 fully saturated rings. The molecule has 18 heavy (non-hydrogen) atoms. The number of aliphatic carboxylic acids is 1. The van der Waals surface area contributed by atoms with Crippen LogP contribution in [0.4, 0.5) is 22.0 Å². The van der Waals surface area contributed by atoms with E-state index in [1.807, 2.05) is 0 Å². The largest absolute Gasteiger partial charge is 0.480 e. The second-order valence-electron chi connectivity index (χ2n) is 4.15. The summed E-state index contributed by atoms with van der Waals surface area (Å²) >= 11 is 0. The summed E-state index contributed by atoms with van der Waals surface area (Å²) in [4.78, 5) is 22.1. The van der Waals surface area contributed by atoms with Crippen molar-refractivity contribution in [2.75, 3.05) is 6.54 Å². The number of halogens is 5. The molecule has 4 nitrogen and oxygen atoms in total. The lowest BCUT2D eigenvalue weighted by Crippen LogP contribution is -2.55. The fraction of sp³-hybridized carbons (Fsp3) is 0.778. The number of likely N-dealkylation sites (tertiary alicyclic amines) is 1. The molecule has 104 valence electrons. The van der Waals surface area contributed by atoms with Gasteiger partial charge in [0.1, 0.15) is 12.2 Å². The first-order valence-corrected chi connectivity index (χ1v) is 4.92. The van der Waals surface area contributed by atoms with E-state index in [1.54, 1.807) is 0 Å². The lowest BCUT2D eigenvalue weighted by atomic mass is 10.1. The number of carboxylic acid groups (broad SMARTS) is 1. The van der Waals surface area contributed by atoms with Crippen molar-refractivity contribution < 1.29 is 36.6 Å². The maximum Gasteiger partial charge on any atom is 0.431 e. The molecule has 1 heterocycles. The molecule has 1 amide bonds. The molecule has 1 rings (SSSR count). The van der Waals surface area contributed by atoms with E-state index < -0.39 is 48.9 Å². The highest BCUT2D eigenvalue weighted by Gasteiger charge is 2.61. The van der Waals surface area contributed by atoms with E-state index in [0.717, 1.165) is 0 Å². The number of alkyl halides is 5. The van der Waals surface area contributed by atoms with Gasteiger partial charge in [0.05, 0.1) is 6.54 Å². The Kier molecular flexibility index (Phi) is 3.55. The molecule has 1 N–H and O–H groups in total. The molecule has 1 saturated heterocycles. The van der Waals surface area contributed by atoms with Crippen LogP contribution in [0.25, 0.3) is 0 Å². The summed E-state index contributed by atoms with van der Waals surface area (Å²) in [5.74, 6) is -3.75. The van der Waals surface area contributed by atoms with Crippen LogP contribution in [0.1, 0.15) is 13.3 Å². The standard InChI is InChI=1S/C9H10F5NO3/c1-8(11,9(12,13)14)7(18)15-3-4(10)2-5(15)6(16)17/h4-5H,2-3H2,1H3,(H,16,17)/t4-,5+,8?/m1/s1. The van der Waals surface area contributed by atoms with Crippen molar-refractivity contribution in [2.24, 2.45) is 0 Å². The quantitative estimate of drug-likeness (QED) is 0.773. The Morgan fingerprint density at radius 1 is 1.28 bits per heavy atom. The first kappa shape index (κ1) is 14.7. The van der Waals surface area contributed by atoms with Gasteiger partial charge >= 0.3 is 12.1 Å². The summed E-state index contributed by atoms with van der Waals surface area (Å²) in [6.07, 6.45) is -7.91. The van der Waals surface area contributed by atoms with Gasteiger partial charge in [-0.2, -0.15) is 13.2 Å². The Bertz CT molecular complexity index is 368. The predicted molar refractivity (Wildman–Crippen MR) is 48.2 cm³/mol. The van der Waals surface area contributed by atoms with Gasteiger partial charge in [0.25, 0.3) is 11.6 Å². The Balaban J connectivity index is 3.00. The van der Waals surface area contributed by atoms with Crippen LogP contribution in [-0.2, 0) is 9.59 Å². The van der Waals surface area contributed by atoms with E-state index in [4.69, 9.17) is 5.11 Å². The Morgan fingerprint density at radius 3 is 2.17 bits per heavy atom. The van der Waals surface area contributed by atoms with E-state index in [2.05, 4.69) is 0 Å². The van der Waals surface area contributed by atoms with E-state index in [0.29, 0.717) is 0 Å². The molecule has 1 unspecified atom stereocenters. The highest BCUT2D eigenvalue weighted by atomic mass is 19.4. The van der Waals surface area contributed by atoms with Gasteiger partial charge < -0.3 is 10.0 Å². The van der Waals surface area contributed by atoms with Crippen molar-refractivity contribution in [2.45, 2.75) is 37.4 Å². The molecule has 9 heteroatoms. The first-order chi connectivity index (χ1) is 7.98. The van der Waals surface area contributed by atoms with Crippen LogP contribution in [0.3, 0.4) is 0 Å². The van der Waals surface area contributed by atoms with E-state index in [9.17, 15) is 31.5 Å². The van der Waals surface area contributed by atoms with E-state index >= 15 is 0 Å². The maximum absolute atomic E-state index is 13.4. The van der Waals surface area contributed by atoms with Gasteiger partial charge in [-0.05, 0) is 6.92 Å². The lowest BCUT2D eigenvalue weighted by Gasteiger charge is -2.29. The lowest BCUT2D eigenvalue weighted by molar-refractivity contribution is -0.227. The fourth-order valence-electron chi connectivity index (χ4n) is 1.63. The highest BCUT2D eigenvalue weighted by Crippen LogP contribution is 2.37. The molecular formula is C9H10F5NO3. The minimum absolute atomic E-state index is 0.0141. The number of carbonyl (C=O) groups excluding carboxylic acids is 1. The molecule has 0 aromatic carbocycles. The van der Waals surface area contributed by atoms with Crippen molar-refractivity contribution in [3.05, 3.63) is 0 Å². The molecule has 0 saturated carbocycles. The van der Waals surface area contributed by atoms with Gasteiger partial charge in [-0.3, -0.25) is 4.79 Å². The number of carboxylic acids is 1. The molecule has 0 aromatic heterocycles. The molecular weight excluding hydrogens is 265 g/mol. The zero-order chi connectivity index (χ0) is 14.3. The van der Waals surface area contributed by atoms with Crippen LogP contribution in [0.15, 0.2) is 0 Å². The van der Waals surface area contributed by atoms with Gasteiger partial charge in [-0.15, -0.1) is 0 Å². The van der Waals surface area contributed by atoms with Gasteiger partial charge in [0, 0.05) is 6.42 Å².